The van der Waals surface area contributed by atoms with Crippen molar-refractivity contribution in [3.8, 4) is 0 Å². The van der Waals surface area contributed by atoms with Crippen LogP contribution in [0.5, 0.6) is 0 Å². The van der Waals surface area contributed by atoms with Crippen LogP contribution in [0.15, 0.2) is 47.6 Å². The Bertz CT molecular complexity index is 924. The zero-order valence-electron chi connectivity index (χ0n) is 16.2. The smallest absolute Gasteiger partial charge is 0.191 e. The summed E-state index contributed by atoms with van der Waals surface area (Å²) in [6, 6.07) is 11.1. The van der Waals surface area contributed by atoms with Crippen molar-refractivity contribution in [1.82, 2.24) is 25.2 Å². The van der Waals surface area contributed by atoms with E-state index in [1.807, 2.05) is 32.0 Å². The van der Waals surface area contributed by atoms with Crippen molar-refractivity contribution >= 4 is 41.0 Å². The van der Waals surface area contributed by atoms with E-state index < -0.39 is 0 Å². The number of hydrogen-bond acceptors (Lipinski definition) is 3. The van der Waals surface area contributed by atoms with E-state index in [1.165, 1.54) is 6.07 Å². The van der Waals surface area contributed by atoms with Gasteiger partial charge in [0, 0.05) is 25.8 Å². The minimum atomic E-state index is -0.334. The molecule has 3 aromatic rings. The number of benzene rings is 1. The van der Waals surface area contributed by atoms with Gasteiger partial charge in [-0.25, -0.2) is 14.4 Å². The standard InChI is InChI=1S/C20H25FN6.HI/c1-3-22-20(25-14-18-16(21)8-6-11-23-18)24-12-7-13-27-15(2)26-17-9-4-5-10-19(17)27;/h4-6,8-11H,3,7,12-14H2,1-2H3,(H2,22,24,25);1H. The van der Waals surface area contributed by atoms with Crippen molar-refractivity contribution in [2.45, 2.75) is 33.4 Å². The highest BCUT2D eigenvalue weighted by Gasteiger charge is 2.06. The van der Waals surface area contributed by atoms with Crippen LogP contribution in [0.1, 0.15) is 24.9 Å². The lowest BCUT2D eigenvalue weighted by Gasteiger charge is -2.12. The monoisotopic (exact) mass is 496 g/mol. The Hall–Kier alpha value is -2.23. The SMILES string of the molecule is CCNC(=NCc1ncccc1F)NCCCn1c(C)nc2ccccc21.I. The molecule has 2 aromatic heterocycles. The Kier molecular flexibility index (Phi) is 8.62. The molecule has 8 heteroatoms. The fraction of sp³-hybridized carbons (Fsp3) is 0.350. The second kappa shape index (κ2) is 10.9. The van der Waals surface area contributed by atoms with Gasteiger partial charge >= 0.3 is 0 Å². The molecule has 0 aliphatic carbocycles. The van der Waals surface area contributed by atoms with Crippen LogP contribution in [0.4, 0.5) is 4.39 Å². The average molecular weight is 496 g/mol. The van der Waals surface area contributed by atoms with Crippen molar-refractivity contribution in [3.05, 3.63) is 59.9 Å². The number of imidazole rings is 1. The topological polar surface area (TPSA) is 67.1 Å². The first-order valence-electron chi connectivity index (χ1n) is 9.22. The predicted molar refractivity (Wildman–Crippen MR) is 122 cm³/mol. The first-order chi connectivity index (χ1) is 13.2. The van der Waals surface area contributed by atoms with E-state index in [4.69, 9.17) is 0 Å². The van der Waals surface area contributed by atoms with E-state index in [1.54, 1.807) is 12.3 Å². The van der Waals surface area contributed by atoms with Crippen molar-refractivity contribution in [2.24, 2.45) is 4.99 Å². The zero-order chi connectivity index (χ0) is 19.1. The molecule has 0 unspecified atom stereocenters. The molecule has 0 atom stereocenters. The van der Waals surface area contributed by atoms with Crippen LogP contribution in [0.3, 0.4) is 0 Å². The minimum absolute atomic E-state index is 0. The molecule has 0 fully saturated rings. The number of hydrogen-bond donors (Lipinski definition) is 2. The summed E-state index contributed by atoms with van der Waals surface area (Å²) in [4.78, 5) is 13.0. The molecule has 1 aromatic carbocycles. The van der Waals surface area contributed by atoms with Crippen LogP contribution < -0.4 is 10.6 Å². The largest absolute Gasteiger partial charge is 0.357 e. The van der Waals surface area contributed by atoms with Gasteiger partial charge in [-0.2, -0.15) is 0 Å². The third-order valence-electron chi connectivity index (χ3n) is 4.26. The number of aryl methyl sites for hydroxylation is 2. The van der Waals surface area contributed by atoms with Gasteiger partial charge in [0.25, 0.3) is 0 Å². The van der Waals surface area contributed by atoms with Gasteiger partial charge in [0.2, 0.25) is 0 Å². The number of halogens is 2. The van der Waals surface area contributed by atoms with Crippen LogP contribution in [0.25, 0.3) is 11.0 Å². The molecule has 28 heavy (non-hydrogen) atoms. The van der Waals surface area contributed by atoms with Crippen molar-refractivity contribution in [1.29, 1.82) is 0 Å². The van der Waals surface area contributed by atoms with Gasteiger partial charge in [0.1, 0.15) is 11.6 Å². The van der Waals surface area contributed by atoms with Crippen molar-refractivity contribution in [2.75, 3.05) is 13.1 Å². The maximum Gasteiger partial charge on any atom is 0.191 e. The van der Waals surface area contributed by atoms with E-state index in [2.05, 4.69) is 36.2 Å². The number of nitrogens with zero attached hydrogens (tertiary/aromatic N) is 4. The van der Waals surface area contributed by atoms with Gasteiger partial charge in [0.05, 0.1) is 23.3 Å². The minimum Gasteiger partial charge on any atom is -0.357 e. The number of pyridine rings is 1. The summed E-state index contributed by atoms with van der Waals surface area (Å²) in [6.07, 6.45) is 2.50. The molecule has 0 bridgehead atoms. The van der Waals surface area contributed by atoms with Crippen molar-refractivity contribution in [3.63, 3.8) is 0 Å². The zero-order valence-corrected chi connectivity index (χ0v) is 18.5. The molecular weight excluding hydrogens is 470 g/mol. The molecule has 0 spiro atoms. The molecule has 150 valence electrons. The highest BCUT2D eigenvalue weighted by molar-refractivity contribution is 14.0. The van der Waals surface area contributed by atoms with Gasteiger partial charge in [-0.1, -0.05) is 12.1 Å². The molecule has 3 rings (SSSR count). The van der Waals surface area contributed by atoms with Crippen LogP contribution in [0, 0.1) is 12.7 Å². The highest BCUT2D eigenvalue weighted by atomic mass is 127. The Balaban J connectivity index is 0.00000280. The Labute approximate surface area is 181 Å². The third kappa shape index (κ3) is 5.63. The molecule has 0 saturated heterocycles. The molecule has 0 radical (unpaired) electrons. The normalized spacial score (nSPS) is 11.3. The highest BCUT2D eigenvalue weighted by Crippen LogP contribution is 2.15. The van der Waals surface area contributed by atoms with Crippen LogP contribution >= 0.6 is 24.0 Å². The Morgan fingerprint density at radius 2 is 2.00 bits per heavy atom. The summed E-state index contributed by atoms with van der Waals surface area (Å²) in [5.41, 5.74) is 2.52. The fourth-order valence-electron chi connectivity index (χ4n) is 2.95. The Morgan fingerprint density at radius 1 is 1.18 bits per heavy atom. The Morgan fingerprint density at radius 3 is 2.79 bits per heavy atom. The first kappa shape index (κ1) is 22.1. The molecule has 0 amide bonds. The van der Waals surface area contributed by atoms with Crippen molar-refractivity contribution < 1.29 is 4.39 Å². The van der Waals surface area contributed by atoms with Gasteiger partial charge in [-0.05, 0) is 44.5 Å². The molecular formula is C20H26FIN6. The summed E-state index contributed by atoms with van der Waals surface area (Å²) >= 11 is 0. The molecule has 2 heterocycles. The van der Waals surface area contributed by atoms with Crippen LogP contribution in [-0.4, -0.2) is 33.6 Å². The first-order valence-corrected chi connectivity index (χ1v) is 9.22. The summed E-state index contributed by atoms with van der Waals surface area (Å²) in [6.45, 7) is 6.59. The summed E-state index contributed by atoms with van der Waals surface area (Å²) in [5.74, 6) is 1.34. The van der Waals surface area contributed by atoms with Gasteiger partial charge in [-0.3, -0.25) is 4.98 Å². The van der Waals surface area contributed by atoms with E-state index >= 15 is 0 Å². The number of aromatic nitrogens is 3. The van der Waals surface area contributed by atoms with Gasteiger partial charge in [0.15, 0.2) is 5.96 Å². The number of aliphatic imine (C=N–C) groups is 1. The number of para-hydroxylation sites is 2. The lowest BCUT2D eigenvalue weighted by Crippen LogP contribution is -2.38. The number of rotatable bonds is 7. The summed E-state index contributed by atoms with van der Waals surface area (Å²) < 4.78 is 15.9. The second-order valence-corrected chi connectivity index (χ2v) is 6.21. The summed E-state index contributed by atoms with van der Waals surface area (Å²) in [7, 11) is 0. The third-order valence-corrected chi connectivity index (χ3v) is 4.26. The molecule has 2 N–H and O–H groups in total. The quantitative estimate of drug-likeness (QED) is 0.227. The summed E-state index contributed by atoms with van der Waals surface area (Å²) in [5, 5.41) is 6.47. The number of guanidine groups is 1. The molecule has 6 nitrogen and oxygen atoms in total. The van der Waals surface area contributed by atoms with Crippen LogP contribution in [0.2, 0.25) is 0 Å². The van der Waals surface area contributed by atoms with E-state index in [-0.39, 0.29) is 36.3 Å². The predicted octanol–water partition coefficient (Wildman–Crippen LogP) is 3.64. The fourth-order valence-corrected chi connectivity index (χ4v) is 2.95. The number of fused-ring (bicyclic) bond motifs is 1. The molecule has 0 saturated carbocycles. The lowest BCUT2D eigenvalue weighted by molar-refractivity contribution is 0.598. The molecule has 0 aliphatic heterocycles. The van der Waals surface area contributed by atoms with Gasteiger partial charge in [-0.15, -0.1) is 24.0 Å². The maximum absolute atomic E-state index is 13.7. The maximum atomic E-state index is 13.7. The van der Waals surface area contributed by atoms with E-state index in [9.17, 15) is 4.39 Å². The van der Waals surface area contributed by atoms with E-state index in [0.29, 0.717) is 11.7 Å². The number of nitrogens with one attached hydrogen (secondary N) is 2. The second-order valence-electron chi connectivity index (χ2n) is 6.21. The van der Waals surface area contributed by atoms with Crippen LogP contribution in [-0.2, 0) is 13.1 Å². The average Bonchev–Trinajstić information content (AvgIpc) is 2.99. The molecule has 0 aliphatic rings. The van der Waals surface area contributed by atoms with E-state index in [0.717, 1.165) is 42.9 Å². The lowest BCUT2D eigenvalue weighted by atomic mass is 10.3. The van der Waals surface area contributed by atoms with Gasteiger partial charge < -0.3 is 15.2 Å².